The third-order valence-corrected chi connectivity index (χ3v) is 17.0. The number of hydrogen-bond acceptors (Lipinski definition) is 16. The van der Waals surface area contributed by atoms with Crippen molar-refractivity contribution in [2.45, 2.75) is 197 Å². The Balaban J connectivity index is 1.50. The number of hydrogen-bond donors (Lipinski definition) is 5. The van der Waals surface area contributed by atoms with Gasteiger partial charge in [-0.05, 0) is 128 Å². The summed E-state index contributed by atoms with van der Waals surface area (Å²) in [4.78, 5) is 58.1. The number of Topliss-reactive ketones (excluding diaryl/α,β-unsaturated/α-hetero) is 2. The molecule has 0 radical (unpaired) electrons. The van der Waals surface area contributed by atoms with Crippen LogP contribution < -0.4 is 10.5 Å². The minimum Gasteiger partial charge on any atom is -0.461 e. The van der Waals surface area contributed by atoms with Crippen molar-refractivity contribution in [3.63, 3.8) is 0 Å². The number of nitrogens with two attached hydrogens (primary N) is 1. The quantitative estimate of drug-likeness (QED) is 0.125. The predicted molar refractivity (Wildman–Crippen MR) is 268 cm³/mol. The zero-order valence-electron chi connectivity index (χ0n) is 43.7. The number of piperidine rings is 1. The summed E-state index contributed by atoms with van der Waals surface area (Å²) in [6.45, 7) is 12.3. The monoisotopic (exact) mass is 1030 g/mol. The molecule has 3 aliphatic heterocycles. The van der Waals surface area contributed by atoms with Gasteiger partial charge < -0.3 is 49.4 Å². The fourth-order valence-electron chi connectivity index (χ4n) is 10.8. The first-order chi connectivity index (χ1) is 34.0. The van der Waals surface area contributed by atoms with Crippen LogP contribution >= 0.6 is 0 Å². The van der Waals surface area contributed by atoms with Crippen molar-refractivity contribution in [2.75, 3.05) is 20.8 Å². The number of carbonyl (C=O) groups is 4. The van der Waals surface area contributed by atoms with Gasteiger partial charge in [0.25, 0.3) is 11.7 Å². The summed E-state index contributed by atoms with van der Waals surface area (Å²) in [6.07, 6.45) is 12.3. The van der Waals surface area contributed by atoms with Gasteiger partial charge >= 0.3 is 5.97 Å². The molecule has 3 fully saturated rings. The Morgan fingerprint density at radius 1 is 0.917 bits per heavy atom. The number of aliphatic hydroxyl groups excluding tert-OH is 2. The summed E-state index contributed by atoms with van der Waals surface area (Å²) in [6, 6.07) is -2.68. The van der Waals surface area contributed by atoms with Gasteiger partial charge in [0.2, 0.25) is 15.8 Å². The van der Waals surface area contributed by atoms with Crippen LogP contribution in [0.3, 0.4) is 0 Å². The molecular formula is C53H82N4O14S. The highest BCUT2D eigenvalue weighted by molar-refractivity contribution is 7.89. The second-order valence-corrected chi connectivity index (χ2v) is 22.8. The standard InChI is InChI=1S/C53H82N4O14S/c1-31-15-11-10-12-16-32(2)41(56-72(65,66)46-30-69-55-37(46)7)29-40-21-18-36(6)53(64,71-40)50(61)51(62)57-24-14-13-17-42(57)52(63)70-44(33(3)26-38-19-22-43(58)45(28-38)67-8)23-20-39(54)27-35(5)48(60)49(68-9)47(59)34(4)25-31/h10-12,15-16,27,30-31,33-34,36,38-45,48-49,56,58,60,64H,13-14,17-26,28-29,54H2,1-9H3/b12-10+,15-11+,32-16+,35-27+/t31-,33-,34?,36?,38?,39+,40+,41-,42?,43-,44+,45?,48?,49+,53?/m1/s1. The first kappa shape index (κ1) is 59.0. The summed E-state index contributed by atoms with van der Waals surface area (Å²) in [7, 11) is -1.25. The number of allylic oxidation sites excluding steroid dienone is 5. The maximum atomic E-state index is 14.5. The number of methoxy groups -OCH3 is 2. The number of sulfonamides is 1. The van der Waals surface area contributed by atoms with Crippen LogP contribution in [0.2, 0.25) is 0 Å². The summed E-state index contributed by atoms with van der Waals surface area (Å²) in [5.74, 6) is -7.28. The first-order valence-electron chi connectivity index (χ1n) is 25.8. The lowest BCUT2D eigenvalue weighted by Gasteiger charge is -2.43. The summed E-state index contributed by atoms with van der Waals surface area (Å²) < 4.78 is 58.9. The van der Waals surface area contributed by atoms with E-state index < -0.39 is 94.0 Å². The Morgan fingerprint density at radius 2 is 1.65 bits per heavy atom. The van der Waals surface area contributed by atoms with E-state index in [1.165, 1.54) is 18.9 Å². The van der Waals surface area contributed by atoms with Crippen molar-refractivity contribution in [1.29, 1.82) is 0 Å². The van der Waals surface area contributed by atoms with E-state index >= 15 is 0 Å². The van der Waals surface area contributed by atoms with E-state index in [2.05, 4.69) is 9.88 Å². The van der Waals surface area contributed by atoms with E-state index in [0.717, 1.165) is 12.7 Å². The summed E-state index contributed by atoms with van der Waals surface area (Å²) >= 11 is 0. The molecular weight excluding hydrogens is 949 g/mol. The molecule has 1 amide bonds. The number of ketones is 2. The van der Waals surface area contributed by atoms with Gasteiger partial charge in [-0.2, -0.15) is 0 Å². The van der Waals surface area contributed by atoms with Crippen LogP contribution in [0.5, 0.6) is 0 Å². The largest absolute Gasteiger partial charge is 0.461 e. The van der Waals surface area contributed by atoms with E-state index in [0.29, 0.717) is 68.9 Å². The first-order valence-corrected chi connectivity index (χ1v) is 27.3. The van der Waals surface area contributed by atoms with Crippen molar-refractivity contribution < 1.29 is 66.4 Å². The third kappa shape index (κ3) is 15.1. The molecule has 0 spiro atoms. The zero-order chi connectivity index (χ0) is 53.1. The molecule has 1 aromatic heterocycles. The average molecular weight is 1030 g/mol. The number of aryl methyl sites for hydroxylation is 1. The Hall–Kier alpha value is -3.92. The van der Waals surface area contributed by atoms with Gasteiger partial charge in [0.15, 0.2) is 5.78 Å². The van der Waals surface area contributed by atoms with E-state index in [4.69, 9.17) is 29.2 Å². The fourth-order valence-corrected chi connectivity index (χ4v) is 12.2. The molecule has 18 nitrogen and oxygen atoms in total. The molecule has 404 valence electrons. The number of fused-ring (bicyclic) bond motifs is 3. The van der Waals surface area contributed by atoms with Crippen LogP contribution in [-0.2, 0) is 48.1 Å². The average Bonchev–Trinajstić information content (AvgIpc) is 3.80. The van der Waals surface area contributed by atoms with Gasteiger partial charge in [-0.15, -0.1) is 0 Å². The van der Waals surface area contributed by atoms with Gasteiger partial charge in [-0.25, -0.2) is 17.9 Å². The molecule has 5 rings (SSSR count). The van der Waals surface area contributed by atoms with Gasteiger partial charge in [0.05, 0.1) is 18.3 Å². The molecule has 2 saturated heterocycles. The lowest BCUT2D eigenvalue weighted by molar-refractivity contribution is -0.264. The molecule has 72 heavy (non-hydrogen) atoms. The van der Waals surface area contributed by atoms with Gasteiger partial charge in [0.1, 0.15) is 41.2 Å². The molecule has 1 aliphatic carbocycles. The normalized spacial score (nSPS) is 37.8. The number of nitrogens with zero attached hydrogens (tertiary/aromatic N) is 2. The molecule has 19 heteroatoms. The molecule has 0 aromatic carbocycles. The Bertz CT molecular complexity index is 2240. The highest BCUT2D eigenvalue weighted by Crippen LogP contribution is 2.38. The lowest BCUT2D eigenvalue weighted by Crippen LogP contribution is -2.61. The molecule has 1 saturated carbocycles. The van der Waals surface area contributed by atoms with E-state index in [1.54, 1.807) is 59.1 Å². The Labute approximate surface area is 426 Å². The van der Waals surface area contributed by atoms with Gasteiger partial charge in [0, 0.05) is 44.7 Å². The van der Waals surface area contributed by atoms with Crippen molar-refractivity contribution in [2.24, 2.45) is 35.3 Å². The number of cyclic esters (lactones) is 1. The molecule has 15 atom stereocenters. The SMILES string of the molecule is COC1CC(C[C@@H](C)[C@@H]2CC[C@H](N)/C=C(\C)C(O)[C@@H](OC)C(=O)C(C)C[C@H](C)/C=C/C=C/C=C(\C)[C@H](NS(=O)(=O)c3conc3C)C[C@@H]3CCC(C)C(O)(O3)C(=O)C(=O)N3CCCCC3C(=O)O2)CC[C@H]1O. The Kier molecular flexibility index (Phi) is 21.7. The topological polar surface area (TPSA) is 267 Å². The van der Waals surface area contributed by atoms with Crippen molar-refractivity contribution in [1.82, 2.24) is 14.8 Å². The number of rotatable bonds is 8. The molecule has 6 N–H and O–H groups in total. The second-order valence-electron chi connectivity index (χ2n) is 21.1. The summed E-state index contributed by atoms with van der Waals surface area (Å²) in [5, 5.41) is 37.9. The minimum atomic E-state index is -4.21. The van der Waals surface area contributed by atoms with E-state index in [9.17, 15) is 42.9 Å². The number of aliphatic hydroxyl groups is 3. The van der Waals surface area contributed by atoms with Crippen molar-refractivity contribution in [3.8, 4) is 0 Å². The molecule has 4 heterocycles. The van der Waals surface area contributed by atoms with Crippen LogP contribution in [0, 0.1) is 36.5 Å². The van der Waals surface area contributed by atoms with Crippen LogP contribution in [0.25, 0.3) is 0 Å². The number of amides is 1. The maximum absolute atomic E-state index is 14.5. The van der Waals surface area contributed by atoms with Crippen molar-refractivity contribution in [3.05, 3.63) is 59.6 Å². The maximum Gasteiger partial charge on any atom is 0.329 e. The Morgan fingerprint density at radius 3 is 2.33 bits per heavy atom. The number of nitrogens with one attached hydrogen (secondary N) is 1. The molecule has 2 bridgehead atoms. The van der Waals surface area contributed by atoms with Crippen LogP contribution in [0.1, 0.15) is 131 Å². The van der Waals surface area contributed by atoms with Crippen LogP contribution in [0.15, 0.2) is 63.3 Å². The van der Waals surface area contributed by atoms with Crippen LogP contribution in [-0.4, -0.2) is 139 Å². The highest BCUT2D eigenvalue weighted by Gasteiger charge is 2.53. The number of carbonyl (C=O) groups excluding carboxylic acids is 4. The fraction of sp³-hybridized carbons (Fsp3) is 0.717. The number of aromatic nitrogens is 1. The highest BCUT2D eigenvalue weighted by atomic mass is 32.2. The third-order valence-electron chi connectivity index (χ3n) is 15.4. The predicted octanol–water partition coefficient (Wildman–Crippen LogP) is 5.32. The zero-order valence-corrected chi connectivity index (χ0v) is 44.6. The summed E-state index contributed by atoms with van der Waals surface area (Å²) in [5.41, 5.74) is 7.84. The molecule has 7 unspecified atom stereocenters. The van der Waals surface area contributed by atoms with Gasteiger partial charge in [-0.1, -0.05) is 74.9 Å². The van der Waals surface area contributed by atoms with E-state index in [1.807, 2.05) is 26.0 Å². The smallest absolute Gasteiger partial charge is 0.329 e. The molecule has 4 aliphatic rings. The van der Waals surface area contributed by atoms with Crippen LogP contribution in [0.4, 0.5) is 0 Å². The number of esters is 1. The van der Waals surface area contributed by atoms with Crippen molar-refractivity contribution >= 4 is 33.5 Å². The molecule has 1 aromatic rings. The van der Waals surface area contributed by atoms with E-state index in [-0.39, 0.29) is 66.0 Å². The minimum absolute atomic E-state index is 0.0311. The van der Waals surface area contributed by atoms with Gasteiger partial charge in [-0.3, -0.25) is 14.4 Å². The lowest BCUT2D eigenvalue weighted by atomic mass is 9.78. The second kappa shape index (κ2) is 26.5. The number of ether oxygens (including phenoxy) is 4.